The highest BCUT2D eigenvalue weighted by atomic mass is 16.3. The number of imidazole rings is 1. The van der Waals surface area contributed by atoms with E-state index < -0.39 is 6.10 Å². The molecule has 0 radical (unpaired) electrons. The number of benzene rings is 1. The molecule has 0 saturated carbocycles. The van der Waals surface area contributed by atoms with Crippen molar-refractivity contribution in [1.29, 1.82) is 0 Å². The number of aliphatic hydroxyl groups is 1. The summed E-state index contributed by atoms with van der Waals surface area (Å²) in [5.41, 5.74) is 0.948. The van der Waals surface area contributed by atoms with E-state index in [-0.39, 0.29) is 0 Å². The van der Waals surface area contributed by atoms with Gasteiger partial charge in [0.25, 0.3) is 0 Å². The molecule has 2 aromatic rings. The number of rotatable bonds is 5. The van der Waals surface area contributed by atoms with Crippen LogP contribution in [0.4, 0.5) is 0 Å². The molecule has 1 unspecified atom stereocenters. The molecule has 2 rings (SSSR count). The van der Waals surface area contributed by atoms with Crippen LogP contribution in [0.1, 0.15) is 30.8 Å². The van der Waals surface area contributed by atoms with E-state index >= 15 is 0 Å². The van der Waals surface area contributed by atoms with Crippen molar-refractivity contribution in [2.24, 2.45) is 0 Å². The van der Waals surface area contributed by atoms with Crippen molar-refractivity contribution in [3.8, 4) is 0 Å². The Balaban J connectivity index is 2.08. The summed E-state index contributed by atoms with van der Waals surface area (Å²) < 4.78 is 2.03. The first-order valence-electron chi connectivity index (χ1n) is 6.04. The van der Waals surface area contributed by atoms with Gasteiger partial charge in [0.1, 0.15) is 5.82 Å². The Labute approximate surface area is 102 Å². The van der Waals surface area contributed by atoms with Crippen LogP contribution in [0.25, 0.3) is 0 Å². The highest BCUT2D eigenvalue weighted by molar-refractivity contribution is 5.17. The van der Waals surface area contributed by atoms with E-state index in [2.05, 4.69) is 11.9 Å². The Kier molecular flexibility index (Phi) is 3.94. The van der Waals surface area contributed by atoms with Crippen LogP contribution >= 0.6 is 0 Å². The molecule has 1 aromatic heterocycles. The van der Waals surface area contributed by atoms with Crippen LogP contribution in [0.5, 0.6) is 0 Å². The minimum absolute atomic E-state index is 0.471. The third-order valence-corrected chi connectivity index (χ3v) is 2.83. The molecule has 3 nitrogen and oxygen atoms in total. The molecule has 1 aromatic carbocycles. The van der Waals surface area contributed by atoms with E-state index in [0.29, 0.717) is 6.54 Å². The predicted octanol–water partition coefficient (Wildman–Crippen LogP) is 2.57. The Morgan fingerprint density at radius 1 is 1.29 bits per heavy atom. The van der Waals surface area contributed by atoms with Crippen molar-refractivity contribution < 1.29 is 5.11 Å². The van der Waals surface area contributed by atoms with Crippen molar-refractivity contribution in [2.75, 3.05) is 0 Å². The Morgan fingerprint density at radius 3 is 2.76 bits per heavy atom. The van der Waals surface area contributed by atoms with Crippen LogP contribution in [0.2, 0.25) is 0 Å². The number of aromatic nitrogens is 2. The minimum Gasteiger partial charge on any atom is -0.387 e. The van der Waals surface area contributed by atoms with Gasteiger partial charge in [0.05, 0.1) is 12.6 Å². The zero-order valence-corrected chi connectivity index (χ0v) is 10.1. The molecule has 1 heterocycles. The van der Waals surface area contributed by atoms with Crippen molar-refractivity contribution in [2.45, 2.75) is 32.4 Å². The Hall–Kier alpha value is -1.61. The fourth-order valence-electron chi connectivity index (χ4n) is 1.92. The van der Waals surface area contributed by atoms with Gasteiger partial charge in [-0.05, 0) is 12.0 Å². The molecule has 0 saturated heterocycles. The van der Waals surface area contributed by atoms with Gasteiger partial charge in [-0.3, -0.25) is 0 Å². The largest absolute Gasteiger partial charge is 0.387 e. The quantitative estimate of drug-likeness (QED) is 0.857. The first-order valence-corrected chi connectivity index (χ1v) is 6.04. The summed E-state index contributed by atoms with van der Waals surface area (Å²) in [5.74, 6) is 1.04. The van der Waals surface area contributed by atoms with E-state index in [0.717, 1.165) is 24.2 Å². The van der Waals surface area contributed by atoms with Crippen LogP contribution in [-0.4, -0.2) is 14.7 Å². The molecule has 0 aliphatic rings. The summed E-state index contributed by atoms with van der Waals surface area (Å²) >= 11 is 0. The Morgan fingerprint density at radius 2 is 2.06 bits per heavy atom. The van der Waals surface area contributed by atoms with Crippen molar-refractivity contribution in [3.63, 3.8) is 0 Å². The van der Waals surface area contributed by atoms with E-state index in [1.807, 2.05) is 41.1 Å². The first-order chi connectivity index (χ1) is 8.31. The fraction of sp³-hybridized carbons (Fsp3) is 0.357. The molecule has 90 valence electrons. The normalized spacial score (nSPS) is 12.6. The van der Waals surface area contributed by atoms with Crippen LogP contribution in [-0.2, 0) is 13.0 Å². The number of aliphatic hydroxyl groups excluding tert-OH is 1. The molecule has 1 N–H and O–H groups in total. The average Bonchev–Trinajstić information content (AvgIpc) is 2.78. The maximum Gasteiger partial charge on any atom is 0.108 e. The summed E-state index contributed by atoms with van der Waals surface area (Å²) in [6.45, 7) is 2.70. The van der Waals surface area contributed by atoms with Gasteiger partial charge in [0.15, 0.2) is 0 Å². The lowest BCUT2D eigenvalue weighted by molar-refractivity contribution is 0.155. The molecule has 3 heteroatoms. The van der Waals surface area contributed by atoms with Gasteiger partial charge >= 0.3 is 0 Å². The van der Waals surface area contributed by atoms with Gasteiger partial charge in [-0.1, -0.05) is 37.3 Å². The number of nitrogens with zero attached hydrogens (tertiary/aromatic N) is 2. The maximum atomic E-state index is 10.1. The third kappa shape index (κ3) is 2.94. The number of aryl methyl sites for hydroxylation is 1. The van der Waals surface area contributed by atoms with E-state index in [4.69, 9.17) is 0 Å². The Bertz CT molecular complexity index is 450. The second-order valence-corrected chi connectivity index (χ2v) is 4.17. The summed E-state index contributed by atoms with van der Waals surface area (Å²) in [4.78, 5) is 4.30. The van der Waals surface area contributed by atoms with Gasteiger partial charge in [0, 0.05) is 18.8 Å². The summed E-state index contributed by atoms with van der Waals surface area (Å²) in [5, 5.41) is 10.1. The SMILES string of the molecule is CCCc1nccn1CC(O)c1ccccc1. The zero-order chi connectivity index (χ0) is 12.1. The highest BCUT2D eigenvalue weighted by Gasteiger charge is 2.10. The van der Waals surface area contributed by atoms with Gasteiger partial charge < -0.3 is 9.67 Å². The second kappa shape index (κ2) is 5.64. The second-order valence-electron chi connectivity index (χ2n) is 4.17. The predicted molar refractivity (Wildman–Crippen MR) is 67.6 cm³/mol. The topological polar surface area (TPSA) is 38.0 Å². The van der Waals surface area contributed by atoms with Crippen molar-refractivity contribution >= 4 is 0 Å². The van der Waals surface area contributed by atoms with Crippen LogP contribution in [0.3, 0.4) is 0 Å². The van der Waals surface area contributed by atoms with Crippen molar-refractivity contribution in [1.82, 2.24) is 9.55 Å². The number of hydrogen-bond acceptors (Lipinski definition) is 2. The lowest BCUT2D eigenvalue weighted by Gasteiger charge is -2.13. The van der Waals surface area contributed by atoms with Gasteiger partial charge in [-0.2, -0.15) is 0 Å². The van der Waals surface area contributed by atoms with Gasteiger partial charge in [-0.15, -0.1) is 0 Å². The average molecular weight is 230 g/mol. The lowest BCUT2D eigenvalue weighted by atomic mass is 10.1. The molecule has 17 heavy (non-hydrogen) atoms. The zero-order valence-electron chi connectivity index (χ0n) is 10.1. The standard InChI is InChI=1S/C14H18N2O/c1-2-6-14-15-9-10-16(14)11-13(17)12-7-4-3-5-8-12/h3-5,7-10,13,17H,2,6,11H2,1H3. The summed E-state index contributed by atoms with van der Waals surface area (Å²) in [6, 6.07) is 9.73. The van der Waals surface area contributed by atoms with Crippen LogP contribution < -0.4 is 0 Å². The molecular formula is C14H18N2O. The number of hydrogen-bond donors (Lipinski definition) is 1. The van der Waals surface area contributed by atoms with Crippen LogP contribution in [0, 0.1) is 0 Å². The molecule has 1 atom stereocenters. The van der Waals surface area contributed by atoms with Crippen molar-refractivity contribution in [3.05, 3.63) is 54.1 Å². The smallest absolute Gasteiger partial charge is 0.108 e. The molecule has 0 aliphatic heterocycles. The highest BCUT2D eigenvalue weighted by Crippen LogP contribution is 2.15. The monoisotopic (exact) mass is 230 g/mol. The molecular weight excluding hydrogens is 212 g/mol. The molecule has 0 bridgehead atoms. The van der Waals surface area contributed by atoms with Gasteiger partial charge in [0.2, 0.25) is 0 Å². The fourth-order valence-corrected chi connectivity index (χ4v) is 1.92. The third-order valence-electron chi connectivity index (χ3n) is 2.83. The van der Waals surface area contributed by atoms with E-state index in [9.17, 15) is 5.11 Å². The minimum atomic E-state index is -0.471. The van der Waals surface area contributed by atoms with Crippen LogP contribution in [0.15, 0.2) is 42.7 Å². The molecule has 0 aliphatic carbocycles. The summed E-state index contributed by atoms with van der Waals surface area (Å²) in [6.07, 6.45) is 5.27. The summed E-state index contributed by atoms with van der Waals surface area (Å²) in [7, 11) is 0. The van der Waals surface area contributed by atoms with Gasteiger partial charge in [-0.25, -0.2) is 4.98 Å². The molecule has 0 spiro atoms. The molecule has 0 amide bonds. The molecule has 0 fully saturated rings. The lowest BCUT2D eigenvalue weighted by Crippen LogP contribution is -2.10. The maximum absolute atomic E-state index is 10.1. The van der Waals surface area contributed by atoms with E-state index in [1.165, 1.54) is 0 Å². The first kappa shape index (κ1) is 11.9. The van der Waals surface area contributed by atoms with E-state index in [1.54, 1.807) is 6.20 Å².